The van der Waals surface area contributed by atoms with Gasteiger partial charge >= 0.3 is 5.97 Å². The number of nitrogens with one attached hydrogen (secondary N) is 1. The van der Waals surface area contributed by atoms with E-state index in [9.17, 15) is 19.8 Å². The normalized spacial score (nSPS) is 13.5. The molecule has 3 unspecified atom stereocenters. The quantitative estimate of drug-likeness (QED) is 0.0321. The van der Waals surface area contributed by atoms with Crippen molar-refractivity contribution in [3.8, 4) is 0 Å². The molecule has 3 N–H and O–H groups in total. The maximum Gasteiger partial charge on any atom is 0.306 e. The number of ether oxygens (including phenoxy) is 1. The van der Waals surface area contributed by atoms with E-state index >= 15 is 0 Å². The van der Waals surface area contributed by atoms with Crippen LogP contribution in [0, 0.1) is 0 Å². The number of amides is 1. The molecule has 1 amide bonds. The van der Waals surface area contributed by atoms with Gasteiger partial charge in [0.25, 0.3) is 0 Å². The summed E-state index contributed by atoms with van der Waals surface area (Å²) in [7, 11) is 0. The Morgan fingerprint density at radius 3 is 1.15 bits per heavy atom. The van der Waals surface area contributed by atoms with Gasteiger partial charge in [0.15, 0.2) is 0 Å². The van der Waals surface area contributed by atoms with Crippen molar-refractivity contribution in [3.63, 3.8) is 0 Å². The number of rotatable bonds is 52. The van der Waals surface area contributed by atoms with Gasteiger partial charge in [-0.15, -0.1) is 0 Å². The average molecular weight is 927 g/mol. The van der Waals surface area contributed by atoms with Crippen molar-refractivity contribution in [1.29, 1.82) is 0 Å². The van der Waals surface area contributed by atoms with Gasteiger partial charge in [0, 0.05) is 6.42 Å². The van der Waals surface area contributed by atoms with Crippen molar-refractivity contribution < 1.29 is 24.5 Å². The zero-order valence-corrected chi connectivity index (χ0v) is 44.1. The fourth-order valence-electron chi connectivity index (χ4n) is 8.77. The number of hydrogen-bond donors (Lipinski definition) is 3. The highest BCUT2D eigenvalue weighted by molar-refractivity contribution is 5.77. The largest absolute Gasteiger partial charge is 0.462 e. The third-order valence-electron chi connectivity index (χ3n) is 13.2. The number of esters is 1. The molecule has 0 saturated carbocycles. The van der Waals surface area contributed by atoms with Gasteiger partial charge in [-0.05, 0) is 77.0 Å². The molecule has 0 radical (unpaired) electrons. The smallest absolute Gasteiger partial charge is 0.306 e. The van der Waals surface area contributed by atoms with E-state index in [4.69, 9.17) is 4.74 Å². The van der Waals surface area contributed by atoms with Crippen LogP contribution < -0.4 is 5.32 Å². The zero-order chi connectivity index (χ0) is 48.1. The van der Waals surface area contributed by atoms with E-state index in [-0.39, 0.29) is 24.9 Å². The highest BCUT2D eigenvalue weighted by Crippen LogP contribution is 2.18. The van der Waals surface area contributed by atoms with Crippen LogP contribution in [0.15, 0.2) is 48.6 Å². The minimum absolute atomic E-state index is 0.0587. The fourth-order valence-corrected chi connectivity index (χ4v) is 8.77. The molecule has 0 aliphatic heterocycles. The van der Waals surface area contributed by atoms with Gasteiger partial charge in [-0.3, -0.25) is 9.59 Å². The van der Waals surface area contributed by atoms with Crippen LogP contribution in [0.3, 0.4) is 0 Å². The van der Waals surface area contributed by atoms with Gasteiger partial charge in [-0.1, -0.05) is 256 Å². The molecule has 0 rings (SSSR count). The van der Waals surface area contributed by atoms with Crippen molar-refractivity contribution in [2.45, 2.75) is 315 Å². The van der Waals surface area contributed by atoms with Gasteiger partial charge in [0.1, 0.15) is 6.10 Å². The monoisotopic (exact) mass is 926 g/mol. The summed E-state index contributed by atoms with van der Waals surface area (Å²) in [5, 5.41) is 23.9. The third kappa shape index (κ3) is 48.3. The molecule has 0 spiro atoms. The van der Waals surface area contributed by atoms with E-state index in [1.165, 1.54) is 161 Å². The molecule has 0 aromatic rings. The maximum absolute atomic E-state index is 13.3. The zero-order valence-electron chi connectivity index (χ0n) is 44.1. The van der Waals surface area contributed by atoms with E-state index in [1.807, 2.05) is 0 Å². The van der Waals surface area contributed by atoms with Crippen LogP contribution in [-0.4, -0.2) is 46.9 Å². The van der Waals surface area contributed by atoms with Crippen molar-refractivity contribution >= 4 is 11.9 Å². The first-order valence-electron chi connectivity index (χ1n) is 28.9. The Balaban J connectivity index is 4.55. The van der Waals surface area contributed by atoms with E-state index in [1.54, 1.807) is 0 Å². The summed E-state index contributed by atoms with van der Waals surface area (Å²) in [6.45, 7) is 6.47. The Kier molecular flexibility index (Phi) is 52.0. The second kappa shape index (κ2) is 53.8. The topological polar surface area (TPSA) is 95.9 Å². The average Bonchev–Trinajstić information content (AvgIpc) is 3.31. The summed E-state index contributed by atoms with van der Waals surface area (Å²) in [5.41, 5.74) is 0. The Morgan fingerprint density at radius 1 is 0.439 bits per heavy atom. The van der Waals surface area contributed by atoms with Crippen molar-refractivity contribution in [2.75, 3.05) is 6.61 Å². The molecule has 0 heterocycles. The first-order valence-corrected chi connectivity index (χ1v) is 28.9. The molecule has 0 aliphatic carbocycles. The van der Waals surface area contributed by atoms with E-state index in [0.29, 0.717) is 19.3 Å². The van der Waals surface area contributed by atoms with E-state index in [0.717, 1.165) is 89.9 Å². The highest BCUT2D eigenvalue weighted by atomic mass is 16.5. The van der Waals surface area contributed by atoms with Crippen LogP contribution >= 0.6 is 0 Å². The van der Waals surface area contributed by atoms with Crippen LogP contribution in [0.25, 0.3) is 0 Å². The number of hydrogen-bond acceptors (Lipinski definition) is 5. The fraction of sp³-hybridized carbons (Fsp3) is 0.833. The summed E-state index contributed by atoms with van der Waals surface area (Å²) in [6, 6.07) is -0.712. The number of aliphatic hydroxyl groups is 2. The number of carbonyl (C=O) groups is 2. The Bertz CT molecular complexity index is 1130. The predicted octanol–water partition coefficient (Wildman–Crippen LogP) is 17.8. The van der Waals surface area contributed by atoms with Gasteiger partial charge in [0.05, 0.1) is 25.2 Å². The van der Waals surface area contributed by atoms with Crippen molar-refractivity contribution in [3.05, 3.63) is 48.6 Å². The van der Waals surface area contributed by atoms with Gasteiger partial charge in [-0.25, -0.2) is 0 Å². The molecule has 386 valence electrons. The number of aliphatic hydroxyl groups excluding tert-OH is 2. The lowest BCUT2D eigenvalue weighted by Crippen LogP contribution is -2.46. The lowest BCUT2D eigenvalue weighted by Gasteiger charge is -2.24. The summed E-state index contributed by atoms with van der Waals surface area (Å²) >= 11 is 0. The first-order chi connectivity index (χ1) is 32.5. The minimum Gasteiger partial charge on any atom is -0.462 e. The molecule has 0 aliphatic rings. The van der Waals surface area contributed by atoms with E-state index in [2.05, 4.69) is 74.7 Å². The molecule has 0 saturated heterocycles. The number of carbonyl (C=O) groups excluding carboxylic acids is 2. The molecule has 66 heavy (non-hydrogen) atoms. The molecular formula is C60H111NO5. The Labute approximate surface area is 410 Å². The van der Waals surface area contributed by atoms with E-state index < -0.39 is 18.2 Å². The standard InChI is InChI=1S/C60H111NO5/c1-4-7-10-13-16-19-22-25-27-29-30-32-35-38-41-44-47-50-53-60(65)66-56(51-48-45-42-39-36-33-24-21-18-15-12-9-6-3)54-59(64)61-57(55-62)58(63)52-49-46-43-40-37-34-31-28-26-23-20-17-14-11-8-5-2/h18,21,24,27,29-30,32-33,56-58,62-63H,4-17,19-20,22-23,25-26,28,31,34-55H2,1-3H3,(H,61,64)/b21-18+,29-27+,32-30+,33-24+. The summed E-state index contributed by atoms with van der Waals surface area (Å²) in [4.78, 5) is 26.2. The Morgan fingerprint density at radius 2 is 0.758 bits per heavy atom. The molecule has 0 aromatic carbocycles. The lowest BCUT2D eigenvalue weighted by atomic mass is 10.0. The SMILES string of the molecule is CCCCC/C=C/C=C/CCCCCCC(CC(=O)NC(CO)C(O)CCCCCCCCCCCCCCCCCC)OC(=O)CCCCCCC/C=C/C=C/CCCCCCCCC. The Hall–Kier alpha value is -2.18. The molecule has 0 bridgehead atoms. The van der Waals surface area contributed by atoms with Crippen molar-refractivity contribution in [2.24, 2.45) is 0 Å². The molecular weight excluding hydrogens is 815 g/mol. The van der Waals surface area contributed by atoms with Crippen LogP contribution in [0.4, 0.5) is 0 Å². The molecule has 6 heteroatoms. The summed E-state index contributed by atoms with van der Waals surface area (Å²) < 4.78 is 5.94. The second-order valence-corrected chi connectivity index (χ2v) is 19.7. The minimum atomic E-state index is -0.797. The summed E-state index contributed by atoms with van der Waals surface area (Å²) in [5.74, 6) is -0.502. The van der Waals surface area contributed by atoms with Crippen molar-refractivity contribution in [1.82, 2.24) is 5.32 Å². The molecule has 0 aromatic heterocycles. The molecule has 3 atom stereocenters. The van der Waals surface area contributed by atoms with Gasteiger partial charge < -0.3 is 20.3 Å². The maximum atomic E-state index is 13.3. The van der Waals surface area contributed by atoms with Crippen LogP contribution in [0.1, 0.15) is 297 Å². The van der Waals surface area contributed by atoms with Gasteiger partial charge in [-0.2, -0.15) is 0 Å². The van der Waals surface area contributed by atoms with Crippen LogP contribution in [0.5, 0.6) is 0 Å². The lowest BCUT2D eigenvalue weighted by molar-refractivity contribution is -0.151. The third-order valence-corrected chi connectivity index (χ3v) is 13.2. The number of unbranched alkanes of at least 4 members (excludes halogenated alkanes) is 34. The summed E-state index contributed by atoms with van der Waals surface area (Å²) in [6.07, 6.45) is 66.0. The van der Waals surface area contributed by atoms with Gasteiger partial charge in [0.2, 0.25) is 5.91 Å². The molecule has 0 fully saturated rings. The van der Waals surface area contributed by atoms with Crippen LogP contribution in [-0.2, 0) is 14.3 Å². The predicted molar refractivity (Wildman–Crippen MR) is 287 cm³/mol. The first kappa shape index (κ1) is 63.8. The molecule has 6 nitrogen and oxygen atoms in total. The number of allylic oxidation sites excluding steroid dienone is 8. The second-order valence-electron chi connectivity index (χ2n) is 19.7. The van der Waals surface area contributed by atoms with Crippen LogP contribution in [0.2, 0.25) is 0 Å². The highest BCUT2D eigenvalue weighted by Gasteiger charge is 2.24.